The Bertz CT molecular complexity index is 1230. The van der Waals surface area contributed by atoms with E-state index >= 15 is 0 Å². The number of carbonyl (C=O) groups excluding carboxylic acids is 2. The predicted molar refractivity (Wildman–Crippen MR) is 108 cm³/mol. The molecule has 0 radical (unpaired) electrons. The fourth-order valence-electron chi connectivity index (χ4n) is 3.05. The molecule has 3 aromatic heterocycles. The van der Waals surface area contributed by atoms with E-state index in [0.29, 0.717) is 39.5 Å². The lowest BCUT2D eigenvalue weighted by atomic mass is 10.1. The molecule has 8 nitrogen and oxygen atoms in total. The Morgan fingerprint density at radius 3 is 2.62 bits per heavy atom. The highest BCUT2D eigenvalue weighted by Crippen LogP contribution is 2.29. The molecule has 0 spiro atoms. The number of furan rings is 1. The van der Waals surface area contributed by atoms with E-state index in [2.05, 4.69) is 20.8 Å². The van der Waals surface area contributed by atoms with Crippen LogP contribution in [0.15, 0.2) is 51.6 Å². The number of aryl methyl sites for hydroxylation is 2. The van der Waals surface area contributed by atoms with Crippen molar-refractivity contribution in [3.05, 3.63) is 59.5 Å². The number of aromatic nitrogens is 2. The molecule has 4 aromatic rings. The molecule has 29 heavy (non-hydrogen) atoms. The highest BCUT2D eigenvalue weighted by atomic mass is 16.5. The summed E-state index contributed by atoms with van der Waals surface area (Å²) in [5, 5.41) is 10.1. The molecule has 0 saturated heterocycles. The quantitative estimate of drug-likeness (QED) is 0.537. The largest absolute Gasteiger partial charge is 0.463 e. The topological polar surface area (TPSA) is 110 Å². The average Bonchev–Trinajstić information content (AvgIpc) is 3.34. The Hall–Kier alpha value is -3.94. The van der Waals surface area contributed by atoms with Crippen LogP contribution < -0.4 is 10.6 Å². The molecule has 0 atom stereocenters. The molecule has 146 valence electrons. The van der Waals surface area contributed by atoms with Crippen molar-refractivity contribution in [1.82, 2.24) is 10.1 Å². The lowest BCUT2D eigenvalue weighted by Gasteiger charge is -2.12. The van der Waals surface area contributed by atoms with Crippen LogP contribution in [-0.4, -0.2) is 22.0 Å². The molecule has 4 rings (SSSR count). The summed E-state index contributed by atoms with van der Waals surface area (Å²) in [7, 11) is 0. The van der Waals surface area contributed by atoms with Gasteiger partial charge in [-0.1, -0.05) is 11.2 Å². The monoisotopic (exact) mass is 390 g/mol. The molecule has 2 amide bonds. The van der Waals surface area contributed by atoms with Crippen LogP contribution in [0.2, 0.25) is 0 Å². The van der Waals surface area contributed by atoms with Gasteiger partial charge in [0.25, 0.3) is 11.6 Å². The fourth-order valence-corrected chi connectivity index (χ4v) is 3.05. The molecule has 0 fully saturated rings. The Balaban J connectivity index is 1.76. The smallest absolute Gasteiger partial charge is 0.259 e. The molecule has 0 aliphatic heterocycles. The number of fused-ring (bicyclic) bond motifs is 1. The van der Waals surface area contributed by atoms with Crippen LogP contribution in [0.5, 0.6) is 0 Å². The normalized spacial score (nSPS) is 10.9. The number of amides is 2. The second-order valence-electron chi connectivity index (χ2n) is 6.65. The number of benzene rings is 1. The van der Waals surface area contributed by atoms with Gasteiger partial charge in [-0.25, -0.2) is 4.98 Å². The summed E-state index contributed by atoms with van der Waals surface area (Å²) in [6.07, 6.45) is 1.53. The molecule has 8 heteroatoms. The number of carbonyl (C=O) groups is 2. The van der Waals surface area contributed by atoms with Gasteiger partial charge in [0.1, 0.15) is 5.69 Å². The highest BCUT2D eigenvalue weighted by molar-refractivity contribution is 6.13. The lowest BCUT2D eigenvalue weighted by molar-refractivity contribution is -0.114. The molecule has 0 aliphatic rings. The molecular formula is C21H18N4O4. The molecular weight excluding hydrogens is 372 g/mol. The van der Waals surface area contributed by atoms with Crippen molar-refractivity contribution in [3.8, 4) is 11.5 Å². The van der Waals surface area contributed by atoms with Crippen LogP contribution in [0, 0.1) is 13.8 Å². The van der Waals surface area contributed by atoms with Crippen LogP contribution in [-0.2, 0) is 4.79 Å². The van der Waals surface area contributed by atoms with E-state index in [1.165, 1.54) is 13.2 Å². The summed E-state index contributed by atoms with van der Waals surface area (Å²) in [6, 6.07) is 10.4. The second-order valence-corrected chi connectivity index (χ2v) is 6.65. The van der Waals surface area contributed by atoms with Crippen LogP contribution >= 0.6 is 0 Å². The number of hydrogen-bond donors (Lipinski definition) is 2. The van der Waals surface area contributed by atoms with Gasteiger partial charge in [0.2, 0.25) is 5.91 Å². The zero-order valence-corrected chi connectivity index (χ0v) is 16.1. The van der Waals surface area contributed by atoms with Crippen molar-refractivity contribution in [2.75, 3.05) is 10.6 Å². The molecule has 1 aromatic carbocycles. The van der Waals surface area contributed by atoms with E-state index in [4.69, 9.17) is 8.94 Å². The van der Waals surface area contributed by atoms with Crippen LogP contribution in [0.4, 0.5) is 11.4 Å². The summed E-state index contributed by atoms with van der Waals surface area (Å²) < 4.78 is 10.7. The summed E-state index contributed by atoms with van der Waals surface area (Å²) in [6.45, 7) is 5.05. The van der Waals surface area contributed by atoms with Crippen LogP contribution in [0.3, 0.4) is 0 Å². The van der Waals surface area contributed by atoms with E-state index < -0.39 is 0 Å². The van der Waals surface area contributed by atoms with Gasteiger partial charge in [-0.15, -0.1) is 0 Å². The van der Waals surface area contributed by atoms with Crippen molar-refractivity contribution in [2.45, 2.75) is 20.8 Å². The van der Waals surface area contributed by atoms with Gasteiger partial charge < -0.3 is 19.6 Å². The Morgan fingerprint density at radius 1 is 1.07 bits per heavy atom. The number of pyridine rings is 1. The number of rotatable bonds is 4. The van der Waals surface area contributed by atoms with Gasteiger partial charge in [-0.3, -0.25) is 9.59 Å². The number of hydrogen-bond acceptors (Lipinski definition) is 6. The number of nitrogens with one attached hydrogen (secondary N) is 2. The van der Waals surface area contributed by atoms with E-state index in [-0.39, 0.29) is 17.5 Å². The predicted octanol–water partition coefficient (Wildman–Crippen LogP) is 4.31. The first-order valence-corrected chi connectivity index (χ1v) is 8.93. The highest BCUT2D eigenvalue weighted by Gasteiger charge is 2.21. The third-order valence-electron chi connectivity index (χ3n) is 4.44. The zero-order valence-electron chi connectivity index (χ0n) is 16.1. The fraction of sp³-hybridized carbons (Fsp3) is 0.143. The molecule has 0 bridgehead atoms. The zero-order chi connectivity index (χ0) is 20.5. The van der Waals surface area contributed by atoms with Crippen molar-refractivity contribution in [2.24, 2.45) is 0 Å². The first kappa shape index (κ1) is 18.4. The Kier molecular flexibility index (Phi) is 4.59. The van der Waals surface area contributed by atoms with Gasteiger partial charge >= 0.3 is 0 Å². The first-order chi connectivity index (χ1) is 13.9. The molecule has 3 heterocycles. The minimum atomic E-state index is -0.348. The summed E-state index contributed by atoms with van der Waals surface area (Å²) >= 11 is 0. The molecule has 0 saturated carbocycles. The second kappa shape index (κ2) is 7.23. The van der Waals surface area contributed by atoms with Gasteiger partial charge in [0.15, 0.2) is 5.76 Å². The van der Waals surface area contributed by atoms with Gasteiger partial charge in [-0.2, -0.15) is 0 Å². The lowest BCUT2D eigenvalue weighted by Crippen LogP contribution is -2.14. The van der Waals surface area contributed by atoms with Gasteiger partial charge in [-0.05, 0) is 49.7 Å². The third-order valence-corrected chi connectivity index (χ3v) is 4.44. The number of nitrogens with zero attached hydrogens (tertiary/aromatic N) is 2. The maximum Gasteiger partial charge on any atom is 0.259 e. The maximum absolute atomic E-state index is 13.2. The van der Waals surface area contributed by atoms with Crippen LogP contribution in [0.1, 0.15) is 28.5 Å². The van der Waals surface area contributed by atoms with Crippen molar-refractivity contribution < 1.29 is 18.5 Å². The maximum atomic E-state index is 13.2. The SMILES string of the molecule is CC(=O)Nc1ccc(C)c(NC(=O)c2cc(-c3ccco3)nc3onc(C)c23)c1. The van der Waals surface area contributed by atoms with Gasteiger partial charge in [0, 0.05) is 18.3 Å². The minimum Gasteiger partial charge on any atom is -0.463 e. The van der Waals surface area contributed by atoms with E-state index in [0.717, 1.165) is 5.56 Å². The Morgan fingerprint density at radius 2 is 1.90 bits per heavy atom. The van der Waals surface area contributed by atoms with E-state index in [1.807, 2.05) is 13.0 Å². The molecule has 0 unspecified atom stereocenters. The standard InChI is InChI=1S/C21H18N4O4/c1-11-6-7-14(22-13(3)26)9-16(11)23-20(27)15-10-17(18-5-4-8-28-18)24-21-19(15)12(2)25-29-21/h4-10H,1-3H3,(H,22,26)(H,23,27). The van der Waals surface area contributed by atoms with E-state index in [1.54, 1.807) is 37.3 Å². The van der Waals surface area contributed by atoms with Crippen LogP contribution in [0.25, 0.3) is 22.6 Å². The number of anilines is 2. The summed E-state index contributed by atoms with van der Waals surface area (Å²) in [5.41, 5.74) is 3.68. The van der Waals surface area contributed by atoms with Crippen molar-refractivity contribution in [1.29, 1.82) is 0 Å². The van der Waals surface area contributed by atoms with Crippen molar-refractivity contribution in [3.63, 3.8) is 0 Å². The van der Waals surface area contributed by atoms with Gasteiger partial charge in [0.05, 0.1) is 22.9 Å². The minimum absolute atomic E-state index is 0.190. The molecule has 0 aliphatic carbocycles. The summed E-state index contributed by atoms with van der Waals surface area (Å²) in [4.78, 5) is 28.9. The Labute approximate surface area is 165 Å². The summed E-state index contributed by atoms with van der Waals surface area (Å²) in [5.74, 6) is -0.0245. The average molecular weight is 390 g/mol. The molecule has 2 N–H and O–H groups in total. The first-order valence-electron chi connectivity index (χ1n) is 8.93. The van der Waals surface area contributed by atoms with Crippen molar-refractivity contribution >= 4 is 34.3 Å². The van der Waals surface area contributed by atoms with E-state index in [9.17, 15) is 9.59 Å². The third kappa shape index (κ3) is 3.60.